The van der Waals surface area contributed by atoms with Gasteiger partial charge in [0.2, 0.25) is 12.4 Å². The second kappa shape index (κ2) is 10.2. The Bertz CT molecular complexity index is 1240. The predicted octanol–water partition coefficient (Wildman–Crippen LogP) is 6.70. The summed E-state index contributed by atoms with van der Waals surface area (Å²) in [7, 11) is 0. The monoisotopic (exact) mass is 571 g/mol. The Balaban J connectivity index is 1.78. The van der Waals surface area contributed by atoms with Gasteiger partial charge in [-0.3, -0.25) is 0 Å². The van der Waals surface area contributed by atoms with E-state index in [9.17, 15) is 45.1 Å². The maximum Gasteiger partial charge on any atom is 0.431 e. The molecule has 0 bridgehead atoms. The van der Waals surface area contributed by atoms with E-state index in [1.165, 1.54) is 30.6 Å². The molecule has 2 heterocycles. The SMILES string of the molecule is O=[N+]1C=CCC(C[C@@H](c2ccc(OC(F)F)c(OC3CC3)c2)c2ncc(C(O)(C(F)(F)F)C(F)(F)F)s2)=C1. The van der Waals surface area contributed by atoms with E-state index in [0.29, 0.717) is 29.4 Å². The molecule has 0 amide bonds. The van der Waals surface area contributed by atoms with Crippen LogP contribution in [0.1, 0.15) is 47.0 Å². The van der Waals surface area contributed by atoms with Crippen LogP contribution in [-0.2, 0) is 5.60 Å². The van der Waals surface area contributed by atoms with Gasteiger partial charge in [0, 0.05) is 22.6 Å². The number of thiazole rings is 1. The van der Waals surface area contributed by atoms with Crippen molar-refractivity contribution >= 4 is 11.3 Å². The molecule has 1 aliphatic carbocycles. The van der Waals surface area contributed by atoms with E-state index in [-0.39, 0.29) is 52.4 Å². The third-order valence-electron chi connectivity index (χ3n) is 5.81. The van der Waals surface area contributed by atoms with Gasteiger partial charge in [0.1, 0.15) is 5.01 Å². The van der Waals surface area contributed by atoms with Crippen molar-refractivity contribution in [1.82, 2.24) is 4.98 Å². The molecule has 15 heteroatoms. The molecular formula is C23H19F8N2O4S+. The van der Waals surface area contributed by atoms with Crippen LogP contribution in [0.4, 0.5) is 35.1 Å². The third-order valence-corrected chi connectivity index (χ3v) is 7.03. The number of halogens is 8. The molecule has 2 aromatic rings. The van der Waals surface area contributed by atoms with E-state index in [2.05, 4.69) is 9.72 Å². The van der Waals surface area contributed by atoms with Crippen LogP contribution in [-0.4, -0.2) is 39.9 Å². The first-order chi connectivity index (χ1) is 17.7. The number of ether oxygens (including phenoxy) is 2. The molecule has 38 heavy (non-hydrogen) atoms. The summed E-state index contributed by atoms with van der Waals surface area (Å²) in [5.41, 5.74) is -4.43. The van der Waals surface area contributed by atoms with Crippen LogP contribution in [0.3, 0.4) is 0 Å². The van der Waals surface area contributed by atoms with Gasteiger partial charge in [0.15, 0.2) is 11.5 Å². The average molecular weight is 571 g/mol. The first kappa shape index (κ1) is 28.0. The molecule has 1 fully saturated rings. The number of hydrogen-bond donors (Lipinski definition) is 1. The molecule has 2 aliphatic rings. The summed E-state index contributed by atoms with van der Waals surface area (Å²) in [6.07, 6.45) is -6.68. The summed E-state index contributed by atoms with van der Waals surface area (Å²) in [5.74, 6) is -1.41. The van der Waals surface area contributed by atoms with Crippen LogP contribution in [0, 0.1) is 4.91 Å². The van der Waals surface area contributed by atoms with E-state index < -0.39 is 35.4 Å². The number of aliphatic hydroxyl groups is 1. The fraction of sp³-hybridized carbons (Fsp3) is 0.435. The Hall–Kier alpha value is -3.07. The lowest BCUT2D eigenvalue weighted by Crippen LogP contribution is -2.53. The predicted molar refractivity (Wildman–Crippen MR) is 117 cm³/mol. The molecule has 6 nitrogen and oxygen atoms in total. The molecule has 0 saturated heterocycles. The second-order valence-corrected chi connectivity index (χ2v) is 9.73. The van der Waals surface area contributed by atoms with Crippen molar-refractivity contribution in [2.75, 3.05) is 0 Å². The second-order valence-electron chi connectivity index (χ2n) is 8.66. The van der Waals surface area contributed by atoms with Gasteiger partial charge < -0.3 is 14.6 Å². The van der Waals surface area contributed by atoms with Crippen LogP contribution < -0.4 is 9.47 Å². The van der Waals surface area contributed by atoms with Crippen LogP contribution >= 0.6 is 11.3 Å². The molecule has 1 aliphatic heterocycles. The van der Waals surface area contributed by atoms with E-state index in [1.54, 1.807) is 0 Å². The van der Waals surface area contributed by atoms with Gasteiger partial charge in [-0.25, -0.2) is 4.98 Å². The lowest BCUT2D eigenvalue weighted by atomic mass is 9.90. The average Bonchev–Trinajstić information content (AvgIpc) is 3.48. The molecule has 1 saturated carbocycles. The summed E-state index contributed by atoms with van der Waals surface area (Å²) >= 11 is 0.00269. The number of alkyl halides is 8. The van der Waals surface area contributed by atoms with Crippen molar-refractivity contribution in [2.45, 2.75) is 62.3 Å². The van der Waals surface area contributed by atoms with Crippen LogP contribution in [0.25, 0.3) is 0 Å². The highest BCUT2D eigenvalue weighted by Crippen LogP contribution is 2.52. The third kappa shape index (κ3) is 5.82. The Morgan fingerprint density at radius 3 is 2.37 bits per heavy atom. The Kier molecular flexibility index (Phi) is 7.54. The zero-order chi connectivity index (χ0) is 27.9. The standard InChI is InChI=1S/C23H19F8N2O4S/c24-20(25)37-16-6-3-13(9-17(16)36-14-4-5-14)15(8-12-2-1-7-33(35)11-12)19-32-10-18(38-19)21(34,22(26,27)28)23(29,30)31/h1,3,6-7,9-11,14-15,20,34H,2,4-5,8H2/q+1/t15-/m0/s1. The fourth-order valence-electron chi connectivity index (χ4n) is 3.78. The number of aromatic nitrogens is 1. The minimum atomic E-state index is -6.09. The summed E-state index contributed by atoms with van der Waals surface area (Å²) < 4.78 is 117. The smallest absolute Gasteiger partial charge is 0.431 e. The van der Waals surface area contributed by atoms with Crippen LogP contribution in [0.2, 0.25) is 0 Å². The summed E-state index contributed by atoms with van der Waals surface area (Å²) in [5, 5.41) is 9.56. The molecule has 4 rings (SSSR count). The van der Waals surface area contributed by atoms with Crippen molar-refractivity contribution in [3.8, 4) is 11.5 Å². The van der Waals surface area contributed by atoms with Gasteiger partial charge in [-0.05, 0) is 49.5 Å². The Morgan fingerprint density at radius 2 is 1.79 bits per heavy atom. The van der Waals surface area contributed by atoms with Gasteiger partial charge in [-0.1, -0.05) is 6.07 Å². The molecule has 0 radical (unpaired) electrons. The molecule has 1 atom stereocenters. The van der Waals surface area contributed by atoms with Crippen molar-refractivity contribution in [3.05, 3.63) is 68.8 Å². The first-order valence-electron chi connectivity index (χ1n) is 11.1. The fourth-order valence-corrected chi connectivity index (χ4v) is 4.95. The lowest BCUT2D eigenvalue weighted by molar-refractivity contribution is -0.405. The number of nitrogens with zero attached hydrogens (tertiary/aromatic N) is 2. The van der Waals surface area contributed by atoms with Gasteiger partial charge in [0.05, 0.1) is 15.7 Å². The molecule has 0 unspecified atom stereocenters. The van der Waals surface area contributed by atoms with Gasteiger partial charge in [-0.2, -0.15) is 35.1 Å². The van der Waals surface area contributed by atoms with Crippen molar-refractivity contribution in [2.24, 2.45) is 0 Å². The van der Waals surface area contributed by atoms with Gasteiger partial charge in [0.25, 0.3) is 5.60 Å². The summed E-state index contributed by atoms with van der Waals surface area (Å²) in [6.45, 7) is -3.18. The molecule has 206 valence electrons. The van der Waals surface area contributed by atoms with Gasteiger partial charge >= 0.3 is 19.0 Å². The van der Waals surface area contributed by atoms with E-state index in [0.717, 1.165) is 6.07 Å². The molecular weight excluding hydrogens is 552 g/mol. The van der Waals surface area contributed by atoms with Crippen molar-refractivity contribution in [1.29, 1.82) is 0 Å². The Morgan fingerprint density at radius 1 is 1.11 bits per heavy atom. The topological polar surface area (TPSA) is 71.7 Å². The summed E-state index contributed by atoms with van der Waals surface area (Å²) in [4.78, 5) is 14.0. The van der Waals surface area contributed by atoms with Crippen molar-refractivity contribution in [3.63, 3.8) is 0 Å². The zero-order valence-electron chi connectivity index (χ0n) is 19.1. The Labute approximate surface area is 213 Å². The molecule has 0 spiro atoms. The lowest BCUT2D eigenvalue weighted by Gasteiger charge is -2.30. The molecule has 1 aromatic heterocycles. The maximum atomic E-state index is 13.4. The highest BCUT2D eigenvalue weighted by Gasteiger charge is 2.72. The highest BCUT2D eigenvalue weighted by atomic mass is 32.1. The number of benzene rings is 1. The number of hydrogen-bond acceptors (Lipinski definition) is 6. The van der Waals surface area contributed by atoms with E-state index >= 15 is 0 Å². The first-order valence-corrected chi connectivity index (χ1v) is 11.9. The minimum Gasteiger partial charge on any atom is -0.487 e. The largest absolute Gasteiger partial charge is 0.487 e. The normalized spacial score (nSPS) is 17.5. The highest BCUT2D eigenvalue weighted by molar-refractivity contribution is 7.11. The number of rotatable bonds is 9. The van der Waals surface area contributed by atoms with E-state index in [1.807, 2.05) is 0 Å². The minimum absolute atomic E-state index is 0.00269. The molecule has 1 aromatic carbocycles. The van der Waals surface area contributed by atoms with Crippen LogP contribution in [0.5, 0.6) is 11.5 Å². The maximum absolute atomic E-state index is 13.4. The number of nitroso groups, excluding NO2 is 1. The number of allylic oxidation sites excluding steroid dienone is 2. The van der Waals surface area contributed by atoms with E-state index in [4.69, 9.17) is 4.74 Å². The molecule has 1 N–H and O–H groups in total. The summed E-state index contributed by atoms with van der Waals surface area (Å²) in [6, 6.07) is 3.75. The van der Waals surface area contributed by atoms with Crippen LogP contribution in [0.15, 0.2) is 48.4 Å². The van der Waals surface area contributed by atoms with Crippen molar-refractivity contribution < 1.29 is 54.5 Å². The quantitative estimate of drug-likeness (QED) is 0.268. The zero-order valence-corrected chi connectivity index (χ0v) is 19.9. The van der Waals surface area contributed by atoms with Gasteiger partial charge in [-0.15, -0.1) is 11.3 Å².